The standard InChI is InChI=1S/C13H13N5OS/c1-6-2-3-7-9(4-6)20-13-10(7)12(19)15-11(16-13)8-5-14-18-17-8/h5-6H,2-4H2,1H3,(H,14,17,18)(H,15,16,19). The predicted octanol–water partition coefficient (Wildman–Crippen LogP) is 1.89. The molecule has 0 saturated heterocycles. The summed E-state index contributed by atoms with van der Waals surface area (Å²) in [7, 11) is 0. The van der Waals surface area contributed by atoms with E-state index in [-0.39, 0.29) is 5.56 Å². The van der Waals surface area contributed by atoms with Gasteiger partial charge in [-0.25, -0.2) is 4.98 Å². The van der Waals surface area contributed by atoms with Crippen molar-refractivity contribution in [2.75, 3.05) is 0 Å². The highest BCUT2D eigenvalue weighted by atomic mass is 32.1. The Balaban J connectivity index is 1.96. The number of H-pyrrole nitrogens is 2. The van der Waals surface area contributed by atoms with Gasteiger partial charge >= 0.3 is 0 Å². The Bertz CT molecular complexity index is 832. The van der Waals surface area contributed by atoms with Crippen LogP contribution in [-0.2, 0) is 12.8 Å². The quantitative estimate of drug-likeness (QED) is 0.715. The molecule has 20 heavy (non-hydrogen) atoms. The van der Waals surface area contributed by atoms with Crippen molar-refractivity contribution in [3.8, 4) is 11.5 Å². The van der Waals surface area contributed by atoms with E-state index < -0.39 is 0 Å². The summed E-state index contributed by atoms with van der Waals surface area (Å²) in [6, 6.07) is 0. The number of hydrogen-bond donors (Lipinski definition) is 2. The van der Waals surface area contributed by atoms with Gasteiger partial charge in [-0.15, -0.1) is 11.3 Å². The van der Waals surface area contributed by atoms with Crippen LogP contribution in [0.25, 0.3) is 21.7 Å². The maximum absolute atomic E-state index is 12.4. The molecule has 1 aliphatic carbocycles. The van der Waals surface area contributed by atoms with Gasteiger partial charge < -0.3 is 4.98 Å². The van der Waals surface area contributed by atoms with Gasteiger partial charge in [0, 0.05) is 4.88 Å². The van der Waals surface area contributed by atoms with Crippen molar-refractivity contribution in [3.63, 3.8) is 0 Å². The van der Waals surface area contributed by atoms with Crippen LogP contribution >= 0.6 is 11.3 Å². The lowest BCUT2D eigenvalue weighted by Crippen LogP contribution is -2.13. The Morgan fingerprint density at radius 1 is 1.45 bits per heavy atom. The van der Waals surface area contributed by atoms with E-state index in [1.165, 1.54) is 10.4 Å². The lowest BCUT2D eigenvalue weighted by Gasteiger charge is -2.17. The zero-order chi connectivity index (χ0) is 13.7. The van der Waals surface area contributed by atoms with Crippen LogP contribution in [-0.4, -0.2) is 25.4 Å². The third kappa shape index (κ3) is 1.70. The molecule has 0 amide bonds. The molecule has 0 spiro atoms. The second kappa shape index (κ2) is 4.24. The summed E-state index contributed by atoms with van der Waals surface area (Å²) in [5.41, 5.74) is 1.69. The Kier molecular flexibility index (Phi) is 2.50. The van der Waals surface area contributed by atoms with Gasteiger partial charge in [-0.05, 0) is 30.7 Å². The SMILES string of the molecule is CC1CCc2c(sc3nc(-c4cn[nH]n4)[nH]c(=O)c23)C1. The third-order valence-electron chi connectivity index (χ3n) is 3.82. The topological polar surface area (TPSA) is 87.3 Å². The minimum Gasteiger partial charge on any atom is -0.304 e. The largest absolute Gasteiger partial charge is 0.304 e. The molecular formula is C13H13N5OS. The molecule has 0 aliphatic heterocycles. The van der Waals surface area contributed by atoms with Crippen LogP contribution in [0.5, 0.6) is 0 Å². The van der Waals surface area contributed by atoms with E-state index in [9.17, 15) is 4.79 Å². The second-order valence-corrected chi connectivity index (χ2v) is 6.39. The van der Waals surface area contributed by atoms with Crippen molar-refractivity contribution in [2.45, 2.75) is 26.2 Å². The van der Waals surface area contributed by atoms with Crippen LogP contribution < -0.4 is 5.56 Å². The minimum absolute atomic E-state index is 0.0694. The van der Waals surface area contributed by atoms with Gasteiger partial charge in [0.05, 0.1) is 11.6 Å². The minimum atomic E-state index is -0.0694. The molecule has 0 bridgehead atoms. The molecule has 7 heteroatoms. The number of aromatic amines is 2. The van der Waals surface area contributed by atoms with Crippen molar-refractivity contribution >= 4 is 21.6 Å². The van der Waals surface area contributed by atoms with Gasteiger partial charge in [0.1, 0.15) is 10.5 Å². The van der Waals surface area contributed by atoms with Crippen LogP contribution in [0.1, 0.15) is 23.8 Å². The lowest BCUT2D eigenvalue weighted by molar-refractivity contribution is 0.509. The zero-order valence-corrected chi connectivity index (χ0v) is 11.8. The van der Waals surface area contributed by atoms with Crippen LogP contribution in [0.3, 0.4) is 0 Å². The monoisotopic (exact) mass is 287 g/mol. The number of nitrogens with one attached hydrogen (secondary N) is 2. The highest BCUT2D eigenvalue weighted by Crippen LogP contribution is 2.35. The molecule has 1 aliphatic rings. The number of hydrogen-bond acceptors (Lipinski definition) is 5. The average molecular weight is 287 g/mol. The predicted molar refractivity (Wildman–Crippen MR) is 76.8 cm³/mol. The summed E-state index contributed by atoms with van der Waals surface area (Å²) in [5.74, 6) is 1.16. The summed E-state index contributed by atoms with van der Waals surface area (Å²) in [5, 5.41) is 11.0. The molecule has 3 aromatic heterocycles. The molecule has 0 saturated carbocycles. The summed E-state index contributed by atoms with van der Waals surface area (Å²) in [6.07, 6.45) is 4.72. The molecule has 0 fully saturated rings. The van der Waals surface area contributed by atoms with Crippen LogP contribution in [0, 0.1) is 5.92 Å². The van der Waals surface area contributed by atoms with Crippen molar-refractivity contribution in [1.82, 2.24) is 25.4 Å². The maximum Gasteiger partial charge on any atom is 0.260 e. The molecule has 1 unspecified atom stereocenters. The van der Waals surface area contributed by atoms with Gasteiger partial charge in [0.2, 0.25) is 0 Å². The summed E-state index contributed by atoms with van der Waals surface area (Å²) in [4.78, 5) is 21.9. The molecule has 3 heterocycles. The number of rotatable bonds is 1. The number of nitrogens with zero attached hydrogens (tertiary/aromatic N) is 3. The van der Waals surface area contributed by atoms with E-state index in [0.717, 1.165) is 29.5 Å². The lowest BCUT2D eigenvalue weighted by atomic mass is 9.89. The second-order valence-electron chi connectivity index (χ2n) is 5.30. The first-order valence-corrected chi connectivity index (χ1v) is 7.44. The molecule has 2 N–H and O–H groups in total. The zero-order valence-electron chi connectivity index (χ0n) is 10.9. The first-order valence-electron chi connectivity index (χ1n) is 6.63. The Morgan fingerprint density at radius 3 is 3.15 bits per heavy atom. The fraction of sp³-hybridized carbons (Fsp3) is 0.385. The smallest absolute Gasteiger partial charge is 0.260 e. The van der Waals surface area contributed by atoms with Gasteiger partial charge in [0.25, 0.3) is 5.56 Å². The Hall–Kier alpha value is -2.02. The summed E-state index contributed by atoms with van der Waals surface area (Å²) >= 11 is 1.64. The first-order chi connectivity index (χ1) is 9.72. The summed E-state index contributed by atoms with van der Waals surface area (Å²) < 4.78 is 0. The van der Waals surface area contributed by atoms with Crippen LogP contribution in [0.2, 0.25) is 0 Å². The van der Waals surface area contributed by atoms with E-state index in [1.54, 1.807) is 17.5 Å². The van der Waals surface area contributed by atoms with Gasteiger partial charge in [-0.2, -0.15) is 15.4 Å². The molecule has 0 radical (unpaired) electrons. The van der Waals surface area contributed by atoms with E-state index in [2.05, 4.69) is 32.3 Å². The molecule has 6 nitrogen and oxygen atoms in total. The van der Waals surface area contributed by atoms with Gasteiger partial charge in [0.15, 0.2) is 5.82 Å². The Morgan fingerprint density at radius 2 is 2.35 bits per heavy atom. The highest BCUT2D eigenvalue weighted by molar-refractivity contribution is 7.18. The normalized spacial score (nSPS) is 18.4. The Labute approximate surface area is 118 Å². The fourth-order valence-corrected chi connectivity index (χ4v) is 4.17. The third-order valence-corrected chi connectivity index (χ3v) is 4.97. The van der Waals surface area contributed by atoms with Gasteiger partial charge in [-0.1, -0.05) is 6.92 Å². The molecule has 0 aromatic carbocycles. The van der Waals surface area contributed by atoms with E-state index in [0.29, 0.717) is 17.4 Å². The first kappa shape index (κ1) is 11.8. The van der Waals surface area contributed by atoms with E-state index >= 15 is 0 Å². The van der Waals surface area contributed by atoms with Crippen molar-refractivity contribution in [2.24, 2.45) is 5.92 Å². The number of aromatic nitrogens is 5. The molecule has 4 rings (SSSR count). The average Bonchev–Trinajstić information content (AvgIpc) is 3.04. The fourth-order valence-electron chi connectivity index (χ4n) is 2.79. The van der Waals surface area contributed by atoms with Crippen LogP contribution in [0.4, 0.5) is 0 Å². The van der Waals surface area contributed by atoms with Crippen molar-refractivity contribution in [3.05, 3.63) is 27.0 Å². The van der Waals surface area contributed by atoms with Gasteiger partial charge in [-0.3, -0.25) is 4.79 Å². The highest BCUT2D eigenvalue weighted by Gasteiger charge is 2.23. The molecule has 1 atom stereocenters. The van der Waals surface area contributed by atoms with Crippen molar-refractivity contribution in [1.29, 1.82) is 0 Å². The summed E-state index contributed by atoms with van der Waals surface area (Å²) in [6.45, 7) is 2.26. The number of fused-ring (bicyclic) bond motifs is 3. The maximum atomic E-state index is 12.4. The van der Waals surface area contributed by atoms with Crippen molar-refractivity contribution < 1.29 is 0 Å². The number of aryl methyl sites for hydroxylation is 1. The number of thiophene rings is 1. The molecule has 3 aromatic rings. The molecule has 102 valence electrons. The van der Waals surface area contributed by atoms with E-state index in [4.69, 9.17) is 0 Å². The molecular weight excluding hydrogens is 274 g/mol. The van der Waals surface area contributed by atoms with E-state index in [1.807, 2.05) is 0 Å². The van der Waals surface area contributed by atoms with Crippen LogP contribution in [0.15, 0.2) is 11.0 Å².